The summed E-state index contributed by atoms with van der Waals surface area (Å²) in [5.41, 5.74) is 1.98. The lowest BCUT2D eigenvalue weighted by molar-refractivity contribution is 0.0701. The number of phenols is 1. The van der Waals surface area contributed by atoms with Crippen LogP contribution in [0.5, 0.6) is 5.75 Å². The second kappa shape index (κ2) is 7.36. The van der Waals surface area contributed by atoms with Crippen LogP contribution in [-0.2, 0) is 0 Å². The van der Waals surface area contributed by atoms with Gasteiger partial charge in [0.1, 0.15) is 11.9 Å². The third-order valence-corrected chi connectivity index (χ3v) is 6.71. The van der Waals surface area contributed by atoms with Gasteiger partial charge in [-0.05, 0) is 50.6 Å². The summed E-state index contributed by atoms with van der Waals surface area (Å²) in [6.45, 7) is 0. The Labute approximate surface area is 174 Å². The summed E-state index contributed by atoms with van der Waals surface area (Å²) in [6.07, 6.45) is 7.04. The number of aromatic nitrogens is 4. The molecule has 2 saturated heterocycles. The van der Waals surface area contributed by atoms with Gasteiger partial charge in [0.05, 0.1) is 23.8 Å². The average molecular weight is 408 g/mol. The molecule has 156 valence electrons. The molecule has 2 aliphatic heterocycles. The van der Waals surface area contributed by atoms with E-state index in [1.807, 2.05) is 54.0 Å². The maximum Gasteiger partial charge on any atom is 0.151 e. The van der Waals surface area contributed by atoms with Gasteiger partial charge < -0.3 is 14.6 Å². The fourth-order valence-corrected chi connectivity index (χ4v) is 4.88. The van der Waals surface area contributed by atoms with Crippen molar-refractivity contribution < 1.29 is 9.50 Å². The van der Waals surface area contributed by atoms with E-state index in [9.17, 15) is 5.11 Å². The number of anilines is 1. The molecular formula is C22H25FN6O. The average Bonchev–Trinajstić information content (AvgIpc) is 3.37. The van der Waals surface area contributed by atoms with Gasteiger partial charge >= 0.3 is 0 Å². The first-order chi connectivity index (χ1) is 14.5. The lowest BCUT2D eigenvalue weighted by Crippen LogP contribution is -2.56. The Balaban J connectivity index is 1.36. The third-order valence-electron chi connectivity index (χ3n) is 6.71. The summed E-state index contributed by atoms with van der Waals surface area (Å²) in [4.78, 5) is 8.13. The molecule has 2 aromatic heterocycles. The zero-order chi connectivity index (χ0) is 20.8. The van der Waals surface area contributed by atoms with Crippen LogP contribution in [0.25, 0.3) is 16.9 Å². The van der Waals surface area contributed by atoms with Gasteiger partial charge in [0.25, 0.3) is 0 Å². The SMILES string of the molecule is CN(c1ccc(-c2ccc(-n3ccnc3)cc2O)nn1)[C@@H]1C[C@H]2CC[C@@H]([C@@H]1F)N2C. The van der Waals surface area contributed by atoms with Crippen LogP contribution in [0.3, 0.4) is 0 Å². The number of phenolic OH excluding ortho intramolecular Hbond substituents is 1. The maximum atomic E-state index is 15.1. The van der Waals surface area contributed by atoms with Crippen molar-refractivity contribution in [2.75, 3.05) is 19.0 Å². The highest BCUT2D eigenvalue weighted by Crippen LogP contribution is 2.39. The second-order valence-electron chi connectivity index (χ2n) is 8.27. The summed E-state index contributed by atoms with van der Waals surface area (Å²) in [5, 5.41) is 19.1. The maximum absolute atomic E-state index is 15.1. The molecule has 3 aromatic rings. The molecule has 2 bridgehead atoms. The van der Waals surface area contributed by atoms with E-state index in [-0.39, 0.29) is 17.8 Å². The van der Waals surface area contributed by atoms with Crippen LogP contribution in [0.2, 0.25) is 0 Å². The number of fused-ring (bicyclic) bond motifs is 2. The highest BCUT2D eigenvalue weighted by atomic mass is 19.1. The lowest BCUT2D eigenvalue weighted by atomic mass is 9.95. The van der Waals surface area contributed by atoms with E-state index >= 15 is 4.39 Å². The van der Waals surface area contributed by atoms with Crippen molar-refractivity contribution in [2.24, 2.45) is 0 Å². The van der Waals surface area contributed by atoms with Crippen molar-refractivity contribution in [1.82, 2.24) is 24.6 Å². The predicted octanol–water partition coefficient (Wildman–Crippen LogP) is 3.04. The second-order valence-corrected chi connectivity index (χ2v) is 8.27. The third kappa shape index (κ3) is 3.11. The Morgan fingerprint density at radius 2 is 2.03 bits per heavy atom. The van der Waals surface area contributed by atoms with Crippen LogP contribution in [-0.4, -0.2) is 68.1 Å². The first-order valence-corrected chi connectivity index (χ1v) is 10.3. The first kappa shape index (κ1) is 19.0. The number of hydrogen-bond donors (Lipinski definition) is 1. The summed E-state index contributed by atoms with van der Waals surface area (Å²) >= 11 is 0. The molecule has 0 amide bonds. The molecule has 0 radical (unpaired) electrons. The van der Waals surface area contributed by atoms with Gasteiger partial charge in [-0.1, -0.05) is 0 Å². The minimum absolute atomic E-state index is 0.00519. The first-order valence-electron chi connectivity index (χ1n) is 10.3. The minimum atomic E-state index is -0.903. The molecule has 30 heavy (non-hydrogen) atoms. The monoisotopic (exact) mass is 408 g/mol. The van der Waals surface area contributed by atoms with Crippen LogP contribution in [0.4, 0.5) is 10.2 Å². The molecule has 2 fully saturated rings. The fourth-order valence-electron chi connectivity index (χ4n) is 4.88. The van der Waals surface area contributed by atoms with Gasteiger partial charge in [-0.2, -0.15) is 0 Å². The van der Waals surface area contributed by atoms with Gasteiger partial charge in [-0.25, -0.2) is 9.37 Å². The molecule has 5 rings (SSSR count). The number of halogens is 1. The number of aromatic hydroxyl groups is 1. The Bertz CT molecular complexity index is 1020. The van der Waals surface area contributed by atoms with Crippen molar-refractivity contribution >= 4 is 5.82 Å². The van der Waals surface area contributed by atoms with E-state index < -0.39 is 6.17 Å². The summed E-state index contributed by atoms with van der Waals surface area (Å²) < 4.78 is 16.9. The van der Waals surface area contributed by atoms with E-state index in [1.54, 1.807) is 18.6 Å². The van der Waals surface area contributed by atoms with Gasteiger partial charge in [-0.3, -0.25) is 4.90 Å². The van der Waals surface area contributed by atoms with E-state index in [2.05, 4.69) is 20.1 Å². The Hall–Kier alpha value is -3.00. The van der Waals surface area contributed by atoms with E-state index in [0.717, 1.165) is 24.9 Å². The van der Waals surface area contributed by atoms with Crippen LogP contribution in [0, 0.1) is 0 Å². The molecule has 0 unspecified atom stereocenters. The quantitative estimate of drug-likeness (QED) is 0.716. The standard InChI is InChI=1S/C22H25FN6O/c1-27-14-4-7-18(27)22(23)19(11-14)28(2)21-8-6-17(25-26-21)16-5-3-15(12-20(16)30)29-10-9-24-13-29/h3,5-6,8-10,12-14,18-19,22,30H,4,7,11H2,1-2H3/t14-,18+,19-,22+/m1/s1. The minimum Gasteiger partial charge on any atom is -0.507 e. The van der Waals surface area contributed by atoms with E-state index in [4.69, 9.17) is 0 Å². The van der Waals surface area contributed by atoms with Gasteiger partial charge in [0.15, 0.2) is 5.82 Å². The van der Waals surface area contributed by atoms with Crippen LogP contribution in [0.15, 0.2) is 49.1 Å². The van der Waals surface area contributed by atoms with Crippen molar-refractivity contribution in [3.63, 3.8) is 0 Å². The molecule has 0 saturated carbocycles. The molecule has 4 heterocycles. The highest BCUT2D eigenvalue weighted by molar-refractivity contribution is 5.69. The Morgan fingerprint density at radius 3 is 2.73 bits per heavy atom. The Kier molecular flexibility index (Phi) is 4.66. The van der Waals surface area contributed by atoms with Crippen LogP contribution >= 0.6 is 0 Å². The zero-order valence-corrected chi connectivity index (χ0v) is 17.1. The van der Waals surface area contributed by atoms with Crippen molar-refractivity contribution in [3.05, 3.63) is 49.1 Å². The number of alkyl halides is 1. The van der Waals surface area contributed by atoms with Crippen molar-refractivity contribution in [2.45, 2.75) is 43.6 Å². The number of nitrogens with zero attached hydrogens (tertiary/aromatic N) is 6. The van der Waals surface area contributed by atoms with E-state index in [0.29, 0.717) is 23.1 Å². The molecule has 0 aliphatic carbocycles. The molecule has 2 aliphatic rings. The van der Waals surface area contributed by atoms with Crippen LogP contribution in [0.1, 0.15) is 19.3 Å². The molecule has 8 heteroatoms. The van der Waals surface area contributed by atoms with Gasteiger partial charge in [0, 0.05) is 43.2 Å². The highest BCUT2D eigenvalue weighted by Gasteiger charge is 2.47. The summed E-state index contributed by atoms with van der Waals surface area (Å²) in [6, 6.07) is 9.27. The van der Waals surface area contributed by atoms with Crippen molar-refractivity contribution in [3.8, 4) is 22.7 Å². The number of piperidine rings is 1. The van der Waals surface area contributed by atoms with Gasteiger partial charge in [-0.15, -0.1) is 10.2 Å². The van der Waals surface area contributed by atoms with Crippen molar-refractivity contribution in [1.29, 1.82) is 0 Å². The topological polar surface area (TPSA) is 70.3 Å². The molecule has 0 spiro atoms. The largest absolute Gasteiger partial charge is 0.507 e. The van der Waals surface area contributed by atoms with E-state index in [1.165, 1.54) is 0 Å². The number of rotatable bonds is 4. The molecule has 7 nitrogen and oxygen atoms in total. The molecule has 1 aromatic carbocycles. The predicted molar refractivity (Wildman–Crippen MR) is 113 cm³/mol. The number of benzene rings is 1. The zero-order valence-electron chi connectivity index (χ0n) is 17.1. The summed E-state index contributed by atoms with van der Waals surface area (Å²) in [7, 11) is 3.92. The smallest absolute Gasteiger partial charge is 0.151 e. The van der Waals surface area contributed by atoms with Gasteiger partial charge in [0.2, 0.25) is 0 Å². The normalized spacial score (nSPS) is 26.1. The molecular weight excluding hydrogens is 383 g/mol. The number of imidazole rings is 1. The summed E-state index contributed by atoms with van der Waals surface area (Å²) in [5.74, 6) is 0.761. The molecule has 4 atom stereocenters. The molecule has 1 N–H and O–H groups in total. The van der Waals surface area contributed by atoms with Crippen LogP contribution < -0.4 is 4.90 Å². The lowest BCUT2D eigenvalue weighted by Gasteiger charge is -2.43. The Morgan fingerprint density at radius 1 is 1.17 bits per heavy atom. The fraction of sp³-hybridized carbons (Fsp3) is 0.409. The number of hydrogen-bond acceptors (Lipinski definition) is 6.